The fraction of sp³-hybridized carbons (Fsp3) is 0.182. The highest BCUT2D eigenvalue weighted by Gasteiger charge is 2.14. The van der Waals surface area contributed by atoms with Crippen LogP contribution in [-0.2, 0) is 19.4 Å². The Balaban J connectivity index is 1.60. The smallest absolute Gasteiger partial charge is 0.328 e. The number of aromatic hydroxyl groups is 1. The molecule has 0 fully saturated rings. The molecule has 0 saturated heterocycles. The Hall–Kier alpha value is -3.76. The molecule has 2 heterocycles. The zero-order chi connectivity index (χ0) is 20.4. The highest BCUT2D eigenvalue weighted by Crippen LogP contribution is 2.24. The molecule has 7 heteroatoms. The van der Waals surface area contributed by atoms with Gasteiger partial charge in [0.25, 0.3) is 0 Å². The first-order valence-electron chi connectivity index (χ1n) is 9.37. The molecule has 0 unspecified atom stereocenters. The number of hydrogen-bond donors (Lipinski definition) is 4. The Labute approximate surface area is 167 Å². The van der Waals surface area contributed by atoms with Crippen molar-refractivity contribution >= 4 is 10.9 Å². The Morgan fingerprint density at radius 3 is 2.62 bits per heavy atom. The normalized spacial score (nSPS) is 11.0. The Morgan fingerprint density at radius 2 is 1.90 bits per heavy atom. The van der Waals surface area contributed by atoms with Gasteiger partial charge in [-0.05, 0) is 53.9 Å². The minimum Gasteiger partial charge on any atom is -0.493 e. The number of nitriles is 1. The zero-order valence-electron chi connectivity index (χ0n) is 15.8. The molecule has 2 aromatic heterocycles. The largest absolute Gasteiger partial charge is 0.493 e. The zero-order valence-corrected chi connectivity index (χ0v) is 15.8. The van der Waals surface area contributed by atoms with E-state index in [1.54, 1.807) is 24.3 Å². The van der Waals surface area contributed by atoms with E-state index in [9.17, 15) is 9.90 Å². The van der Waals surface area contributed by atoms with E-state index in [1.807, 2.05) is 18.3 Å². The van der Waals surface area contributed by atoms with E-state index in [1.165, 1.54) is 4.57 Å². The molecule has 0 bridgehead atoms. The summed E-state index contributed by atoms with van der Waals surface area (Å²) in [5.74, 6) is -0.0734. The van der Waals surface area contributed by atoms with E-state index >= 15 is 0 Å². The molecule has 0 aliphatic heterocycles. The molecule has 0 radical (unpaired) electrons. The van der Waals surface area contributed by atoms with Crippen molar-refractivity contribution in [1.82, 2.24) is 14.5 Å². The molecular formula is C22H21N5O2. The molecule has 5 N–H and O–H groups in total. The predicted octanol–water partition coefficient (Wildman–Crippen LogP) is 2.38. The van der Waals surface area contributed by atoms with E-state index in [4.69, 9.17) is 11.0 Å². The molecule has 0 aliphatic carbocycles. The van der Waals surface area contributed by atoms with Crippen molar-refractivity contribution in [3.8, 4) is 11.9 Å². The lowest BCUT2D eigenvalue weighted by atomic mass is 10.0. The van der Waals surface area contributed by atoms with E-state index in [0.29, 0.717) is 24.2 Å². The fourth-order valence-corrected chi connectivity index (χ4v) is 3.55. The maximum absolute atomic E-state index is 12.4. The molecule has 0 saturated carbocycles. The average Bonchev–Trinajstić information content (AvgIpc) is 3.24. The van der Waals surface area contributed by atoms with Crippen LogP contribution in [0.1, 0.15) is 27.9 Å². The molecule has 0 amide bonds. The van der Waals surface area contributed by atoms with Gasteiger partial charge >= 0.3 is 5.69 Å². The van der Waals surface area contributed by atoms with Crippen LogP contribution >= 0.6 is 0 Å². The van der Waals surface area contributed by atoms with Crippen molar-refractivity contribution in [2.75, 3.05) is 6.54 Å². The van der Waals surface area contributed by atoms with Crippen molar-refractivity contribution in [3.63, 3.8) is 0 Å². The Morgan fingerprint density at radius 1 is 1.14 bits per heavy atom. The number of imidazole rings is 1. The number of nitrogens with two attached hydrogens (primary N) is 1. The lowest BCUT2D eigenvalue weighted by Gasteiger charge is -2.05. The molecule has 7 nitrogen and oxygen atoms in total. The van der Waals surface area contributed by atoms with Crippen molar-refractivity contribution in [1.29, 1.82) is 5.26 Å². The maximum Gasteiger partial charge on any atom is 0.328 e. The summed E-state index contributed by atoms with van der Waals surface area (Å²) in [5.41, 5.74) is 10.3. The van der Waals surface area contributed by atoms with Crippen molar-refractivity contribution in [2.24, 2.45) is 5.73 Å². The molecule has 0 spiro atoms. The monoisotopic (exact) mass is 387 g/mol. The first-order chi connectivity index (χ1) is 14.1. The summed E-state index contributed by atoms with van der Waals surface area (Å²) in [7, 11) is 0. The van der Waals surface area contributed by atoms with Gasteiger partial charge in [-0.3, -0.25) is 4.57 Å². The van der Waals surface area contributed by atoms with Gasteiger partial charge < -0.3 is 20.8 Å². The van der Waals surface area contributed by atoms with Gasteiger partial charge in [0.1, 0.15) is 0 Å². The summed E-state index contributed by atoms with van der Waals surface area (Å²) in [5, 5.41) is 20.6. The molecule has 146 valence electrons. The van der Waals surface area contributed by atoms with Gasteiger partial charge in [0, 0.05) is 23.5 Å². The second kappa shape index (κ2) is 7.70. The van der Waals surface area contributed by atoms with E-state index in [-0.39, 0.29) is 18.1 Å². The van der Waals surface area contributed by atoms with Crippen molar-refractivity contribution < 1.29 is 5.11 Å². The van der Waals surface area contributed by atoms with Crippen LogP contribution in [0.5, 0.6) is 5.88 Å². The van der Waals surface area contributed by atoms with Gasteiger partial charge in [-0.25, -0.2) is 4.79 Å². The fourth-order valence-electron chi connectivity index (χ4n) is 3.55. The molecule has 4 rings (SSSR count). The van der Waals surface area contributed by atoms with E-state index < -0.39 is 0 Å². The number of hydrogen-bond acceptors (Lipinski definition) is 4. The lowest BCUT2D eigenvalue weighted by Crippen LogP contribution is -2.17. The number of aromatic amines is 2. The number of fused-ring (bicyclic) bond motifs is 1. The number of aromatic nitrogens is 3. The summed E-state index contributed by atoms with van der Waals surface area (Å²) < 4.78 is 1.30. The average molecular weight is 387 g/mol. The summed E-state index contributed by atoms with van der Waals surface area (Å²) >= 11 is 0. The Bertz CT molecular complexity index is 1260. The van der Waals surface area contributed by atoms with E-state index in [0.717, 1.165) is 34.0 Å². The highest BCUT2D eigenvalue weighted by atomic mass is 16.3. The summed E-state index contributed by atoms with van der Waals surface area (Å²) in [6.07, 6.45) is 3.16. The molecule has 0 aliphatic rings. The van der Waals surface area contributed by atoms with Crippen LogP contribution in [0.3, 0.4) is 0 Å². The number of benzene rings is 2. The van der Waals surface area contributed by atoms with Gasteiger partial charge in [0.15, 0.2) is 0 Å². The second-order valence-corrected chi connectivity index (χ2v) is 7.04. The van der Waals surface area contributed by atoms with Gasteiger partial charge in [0.2, 0.25) is 5.88 Å². The summed E-state index contributed by atoms with van der Waals surface area (Å²) in [4.78, 5) is 18.4. The van der Waals surface area contributed by atoms with Crippen LogP contribution in [0.25, 0.3) is 10.9 Å². The number of rotatable bonds is 6. The van der Waals surface area contributed by atoms with Crippen LogP contribution in [0.2, 0.25) is 0 Å². The highest BCUT2D eigenvalue weighted by molar-refractivity contribution is 5.84. The molecule has 4 aromatic rings. The van der Waals surface area contributed by atoms with E-state index in [2.05, 4.69) is 22.1 Å². The van der Waals surface area contributed by atoms with Crippen molar-refractivity contribution in [2.45, 2.75) is 19.4 Å². The SMILES string of the molecule is N#Cc1ccc(Cn2c(O)c(Cc3ccc4[nH]cc(CCN)c4c3)[nH]c2=O)cc1. The lowest BCUT2D eigenvalue weighted by molar-refractivity contribution is 0.417. The van der Waals surface area contributed by atoms with Gasteiger partial charge in [-0.2, -0.15) is 5.26 Å². The molecule has 29 heavy (non-hydrogen) atoms. The first kappa shape index (κ1) is 18.6. The third-order valence-electron chi connectivity index (χ3n) is 5.08. The molecular weight excluding hydrogens is 366 g/mol. The minimum atomic E-state index is -0.367. The summed E-state index contributed by atoms with van der Waals surface area (Å²) in [6, 6.07) is 15.0. The second-order valence-electron chi connectivity index (χ2n) is 7.04. The Kier molecular flexibility index (Phi) is 4.94. The molecule has 2 aromatic carbocycles. The third-order valence-corrected chi connectivity index (χ3v) is 5.08. The number of nitrogens with zero attached hydrogens (tertiary/aromatic N) is 2. The maximum atomic E-state index is 12.4. The first-order valence-corrected chi connectivity index (χ1v) is 9.37. The summed E-state index contributed by atoms with van der Waals surface area (Å²) in [6.45, 7) is 0.799. The van der Waals surface area contributed by atoms with Crippen molar-refractivity contribution in [3.05, 3.63) is 87.1 Å². The quantitative estimate of drug-likeness (QED) is 0.405. The third kappa shape index (κ3) is 3.66. The predicted molar refractivity (Wildman–Crippen MR) is 111 cm³/mol. The van der Waals surface area contributed by atoms with Crippen LogP contribution in [0.4, 0.5) is 0 Å². The molecule has 0 atom stereocenters. The van der Waals surface area contributed by atoms with Gasteiger partial charge in [0.05, 0.1) is 23.9 Å². The topological polar surface area (TPSA) is 124 Å². The number of nitrogens with one attached hydrogen (secondary N) is 2. The van der Waals surface area contributed by atoms with Gasteiger partial charge in [-0.15, -0.1) is 0 Å². The standard InChI is InChI=1S/C22H21N5O2/c23-8-7-17-12-25-19-6-5-16(9-18(17)19)10-20-21(28)27(22(29)26-20)13-15-3-1-14(11-24)2-4-15/h1-6,9,12,25,28H,7-8,10,13,23H2,(H,26,29). The van der Waals surface area contributed by atoms with Crippen LogP contribution < -0.4 is 11.4 Å². The van der Waals surface area contributed by atoms with Crippen LogP contribution in [0, 0.1) is 11.3 Å². The van der Waals surface area contributed by atoms with Crippen LogP contribution in [-0.4, -0.2) is 26.2 Å². The van der Waals surface area contributed by atoms with Crippen LogP contribution in [0.15, 0.2) is 53.5 Å². The number of H-pyrrole nitrogens is 2. The minimum absolute atomic E-state index is 0.0734. The van der Waals surface area contributed by atoms with Gasteiger partial charge in [-0.1, -0.05) is 18.2 Å².